The lowest BCUT2D eigenvalue weighted by atomic mass is 9.98. The first-order valence-electron chi connectivity index (χ1n) is 10.1. The number of sulfonamides is 1. The molecule has 3 rings (SSSR count). The Bertz CT molecular complexity index is 727. The highest BCUT2D eigenvalue weighted by Gasteiger charge is 2.25. The zero-order valence-electron chi connectivity index (χ0n) is 17.3. The lowest BCUT2D eigenvalue weighted by molar-refractivity contribution is 0.168. The van der Waals surface area contributed by atoms with Crippen LogP contribution in [0.25, 0.3) is 0 Å². The summed E-state index contributed by atoms with van der Waals surface area (Å²) < 4.78 is 29.8. The fourth-order valence-corrected chi connectivity index (χ4v) is 4.60. The third-order valence-electron chi connectivity index (χ3n) is 5.43. The smallest absolute Gasteiger partial charge is 0.211 e. The Morgan fingerprint density at radius 3 is 2.48 bits per heavy atom. The topological polar surface area (TPSA) is 94.3 Å². The minimum absolute atomic E-state index is 0. The molecule has 0 amide bonds. The van der Waals surface area contributed by atoms with E-state index in [0.717, 1.165) is 70.3 Å². The van der Waals surface area contributed by atoms with Crippen LogP contribution in [0.4, 0.5) is 0 Å². The Hall–Kier alpha value is -0.920. The van der Waals surface area contributed by atoms with Crippen molar-refractivity contribution in [2.75, 3.05) is 58.6 Å². The first-order chi connectivity index (χ1) is 13.5. The molecule has 0 aromatic carbocycles. The molecular weight excluding hydrogens is 507 g/mol. The van der Waals surface area contributed by atoms with E-state index in [0.29, 0.717) is 19.0 Å². The first kappa shape index (κ1) is 24.4. The third-order valence-corrected chi connectivity index (χ3v) is 6.73. The van der Waals surface area contributed by atoms with Crippen LogP contribution in [0.15, 0.2) is 21.8 Å². The van der Waals surface area contributed by atoms with Crippen LogP contribution >= 0.6 is 24.0 Å². The second-order valence-electron chi connectivity index (χ2n) is 7.55. The van der Waals surface area contributed by atoms with Gasteiger partial charge in [0.2, 0.25) is 10.0 Å². The Morgan fingerprint density at radius 1 is 1.24 bits per heavy atom. The zero-order valence-corrected chi connectivity index (χ0v) is 20.4. The van der Waals surface area contributed by atoms with Crippen molar-refractivity contribution in [3.05, 3.63) is 18.0 Å². The third kappa shape index (κ3) is 7.37. The molecular formula is C18H33IN6O3S. The molecule has 2 fully saturated rings. The fourth-order valence-electron chi connectivity index (χ4n) is 3.73. The summed E-state index contributed by atoms with van der Waals surface area (Å²) in [7, 11) is -3.07. The summed E-state index contributed by atoms with van der Waals surface area (Å²) in [6.45, 7) is 9.48. The summed E-state index contributed by atoms with van der Waals surface area (Å²) in [5, 5.41) is 7.40. The highest BCUT2D eigenvalue weighted by Crippen LogP contribution is 2.19. The summed E-state index contributed by atoms with van der Waals surface area (Å²) in [4.78, 5) is 9.55. The number of hydrogen-bond acceptors (Lipinski definition) is 6. The zero-order chi connectivity index (χ0) is 20.0. The van der Waals surface area contributed by atoms with E-state index in [4.69, 9.17) is 9.52 Å². The van der Waals surface area contributed by atoms with Gasteiger partial charge in [-0.2, -0.15) is 0 Å². The van der Waals surface area contributed by atoms with Crippen LogP contribution in [0, 0.1) is 5.92 Å². The molecule has 9 nitrogen and oxygen atoms in total. The van der Waals surface area contributed by atoms with Gasteiger partial charge in [-0.05, 0) is 25.7 Å². The highest BCUT2D eigenvalue weighted by molar-refractivity contribution is 14.0. The van der Waals surface area contributed by atoms with Crippen LogP contribution in [0.1, 0.15) is 25.5 Å². The molecule has 29 heavy (non-hydrogen) atoms. The monoisotopic (exact) mass is 540 g/mol. The number of aliphatic imine (C=N–C) groups is 1. The second-order valence-corrected chi connectivity index (χ2v) is 9.54. The molecule has 2 saturated heterocycles. The summed E-state index contributed by atoms with van der Waals surface area (Å²) in [6.07, 6.45) is 4.65. The summed E-state index contributed by atoms with van der Waals surface area (Å²) >= 11 is 0. The predicted molar refractivity (Wildman–Crippen MR) is 124 cm³/mol. The largest absolute Gasteiger partial charge is 0.364 e. The molecule has 166 valence electrons. The van der Waals surface area contributed by atoms with Gasteiger partial charge in [0.15, 0.2) is 5.96 Å². The Balaban J connectivity index is 0.00000300. The van der Waals surface area contributed by atoms with E-state index in [2.05, 4.69) is 27.2 Å². The quantitative estimate of drug-likeness (QED) is 0.328. The maximum absolute atomic E-state index is 11.6. The minimum atomic E-state index is -3.07. The van der Waals surface area contributed by atoms with Gasteiger partial charge in [-0.3, -0.25) is 9.89 Å². The lowest BCUT2D eigenvalue weighted by Gasteiger charge is -2.36. The number of hydrogen-bond donors (Lipinski definition) is 1. The van der Waals surface area contributed by atoms with E-state index in [1.54, 1.807) is 10.6 Å². The molecule has 1 aromatic rings. The number of piperazine rings is 1. The van der Waals surface area contributed by atoms with Gasteiger partial charge >= 0.3 is 0 Å². The maximum Gasteiger partial charge on any atom is 0.211 e. The molecule has 1 N–H and O–H groups in total. The van der Waals surface area contributed by atoms with Gasteiger partial charge in [0, 0.05) is 65.0 Å². The van der Waals surface area contributed by atoms with Gasteiger partial charge in [-0.15, -0.1) is 24.0 Å². The van der Waals surface area contributed by atoms with Crippen molar-refractivity contribution in [1.82, 2.24) is 24.6 Å². The molecule has 0 bridgehead atoms. The Kier molecular flexibility index (Phi) is 9.63. The molecule has 0 saturated carbocycles. The van der Waals surface area contributed by atoms with Gasteiger partial charge < -0.3 is 14.7 Å². The van der Waals surface area contributed by atoms with Crippen LogP contribution in [-0.2, 0) is 16.6 Å². The normalized spacial score (nSPS) is 20.5. The van der Waals surface area contributed by atoms with Crippen molar-refractivity contribution in [3.63, 3.8) is 0 Å². The van der Waals surface area contributed by atoms with E-state index in [9.17, 15) is 8.42 Å². The van der Waals surface area contributed by atoms with Crippen LogP contribution in [-0.4, -0.2) is 92.3 Å². The summed E-state index contributed by atoms with van der Waals surface area (Å²) in [6, 6.07) is 1.91. The number of nitrogens with zero attached hydrogens (tertiary/aromatic N) is 5. The maximum atomic E-state index is 11.6. The summed E-state index contributed by atoms with van der Waals surface area (Å²) in [5.41, 5.74) is 0.967. The SMILES string of the molecule is CCNC(=NCC1CCN(S(C)(=O)=O)CC1)N1CCN(Cc2ccon2)CC1.I. The van der Waals surface area contributed by atoms with Gasteiger partial charge in [0.25, 0.3) is 0 Å². The molecule has 3 heterocycles. The van der Waals surface area contributed by atoms with Crippen molar-refractivity contribution >= 4 is 40.0 Å². The van der Waals surface area contributed by atoms with Crippen LogP contribution in [0.3, 0.4) is 0 Å². The standard InChI is InChI=1S/C18H32N6O3S.HI/c1-3-19-18(20-14-16-4-7-24(8-5-16)28(2,25)26)23-11-9-22(10-12-23)15-17-6-13-27-21-17;/h6,13,16H,3-5,7-12,14-15H2,1-2H3,(H,19,20);1H. The molecule has 11 heteroatoms. The average molecular weight is 540 g/mol. The predicted octanol–water partition coefficient (Wildman–Crippen LogP) is 1.05. The van der Waals surface area contributed by atoms with Gasteiger partial charge in [-0.25, -0.2) is 12.7 Å². The van der Waals surface area contributed by atoms with E-state index < -0.39 is 10.0 Å². The molecule has 0 aliphatic carbocycles. The molecule has 0 radical (unpaired) electrons. The van der Waals surface area contributed by atoms with Crippen molar-refractivity contribution < 1.29 is 12.9 Å². The van der Waals surface area contributed by atoms with Crippen LogP contribution in [0.2, 0.25) is 0 Å². The Labute approximate surface area is 190 Å². The van der Waals surface area contributed by atoms with E-state index in [1.165, 1.54) is 6.26 Å². The average Bonchev–Trinajstić information content (AvgIpc) is 3.18. The van der Waals surface area contributed by atoms with Gasteiger partial charge in [-0.1, -0.05) is 5.16 Å². The van der Waals surface area contributed by atoms with Gasteiger partial charge in [0.1, 0.15) is 6.26 Å². The molecule has 0 atom stereocenters. The van der Waals surface area contributed by atoms with E-state index in [1.807, 2.05) is 6.07 Å². The van der Waals surface area contributed by atoms with E-state index >= 15 is 0 Å². The first-order valence-corrected chi connectivity index (χ1v) is 11.9. The summed E-state index contributed by atoms with van der Waals surface area (Å²) in [5.74, 6) is 1.41. The minimum Gasteiger partial charge on any atom is -0.364 e. The van der Waals surface area contributed by atoms with Crippen molar-refractivity contribution in [1.29, 1.82) is 0 Å². The molecule has 2 aliphatic heterocycles. The van der Waals surface area contributed by atoms with E-state index in [-0.39, 0.29) is 24.0 Å². The van der Waals surface area contributed by atoms with Crippen molar-refractivity contribution in [3.8, 4) is 0 Å². The fraction of sp³-hybridized carbons (Fsp3) is 0.778. The van der Waals surface area contributed by atoms with Crippen LogP contribution in [0.5, 0.6) is 0 Å². The van der Waals surface area contributed by atoms with Crippen molar-refractivity contribution in [2.24, 2.45) is 10.9 Å². The number of guanidine groups is 1. The number of nitrogens with one attached hydrogen (secondary N) is 1. The van der Waals surface area contributed by atoms with Crippen molar-refractivity contribution in [2.45, 2.75) is 26.3 Å². The number of aromatic nitrogens is 1. The highest BCUT2D eigenvalue weighted by atomic mass is 127. The lowest BCUT2D eigenvalue weighted by Crippen LogP contribution is -2.52. The molecule has 0 spiro atoms. The number of halogens is 1. The molecule has 2 aliphatic rings. The Morgan fingerprint density at radius 2 is 1.93 bits per heavy atom. The number of piperidine rings is 1. The van der Waals surface area contributed by atoms with Crippen LogP contribution < -0.4 is 5.32 Å². The molecule has 1 aromatic heterocycles. The number of rotatable bonds is 6. The second kappa shape index (κ2) is 11.5. The van der Waals surface area contributed by atoms with Gasteiger partial charge in [0.05, 0.1) is 11.9 Å². The molecule has 0 unspecified atom stereocenters.